The van der Waals surface area contributed by atoms with Crippen LogP contribution in [0.4, 0.5) is 4.79 Å². The lowest BCUT2D eigenvalue weighted by Gasteiger charge is -2.25. The second-order valence-corrected chi connectivity index (χ2v) is 6.21. The third kappa shape index (κ3) is 5.49. The highest BCUT2D eigenvalue weighted by Gasteiger charge is 2.27. The van der Waals surface area contributed by atoms with E-state index in [-0.39, 0.29) is 17.9 Å². The Morgan fingerprint density at radius 2 is 2.11 bits per heavy atom. The summed E-state index contributed by atoms with van der Waals surface area (Å²) in [6.07, 6.45) is 2.80. The van der Waals surface area contributed by atoms with Crippen molar-refractivity contribution in [3.8, 4) is 0 Å². The van der Waals surface area contributed by atoms with Crippen molar-refractivity contribution >= 4 is 12.0 Å². The number of carboxylic acid groups (broad SMARTS) is 1. The molecule has 1 heterocycles. The zero-order valence-electron chi connectivity index (χ0n) is 12.2. The summed E-state index contributed by atoms with van der Waals surface area (Å²) in [6, 6.07) is -0.0145. The van der Waals surface area contributed by atoms with E-state index in [4.69, 9.17) is 5.11 Å². The first kappa shape index (κ1) is 15.8. The van der Waals surface area contributed by atoms with Gasteiger partial charge in [0.1, 0.15) is 0 Å². The van der Waals surface area contributed by atoms with Crippen molar-refractivity contribution in [2.24, 2.45) is 11.3 Å². The van der Waals surface area contributed by atoms with Crippen molar-refractivity contribution in [2.45, 2.75) is 46.5 Å². The number of carboxylic acids is 1. The van der Waals surface area contributed by atoms with Crippen LogP contribution in [0.5, 0.6) is 0 Å². The van der Waals surface area contributed by atoms with Crippen molar-refractivity contribution in [3.05, 3.63) is 0 Å². The van der Waals surface area contributed by atoms with Gasteiger partial charge in [0.15, 0.2) is 0 Å². The van der Waals surface area contributed by atoms with Gasteiger partial charge in [-0.2, -0.15) is 0 Å². The summed E-state index contributed by atoms with van der Waals surface area (Å²) in [5.41, 5.74) is 0.123. The maximum Gasteiger partial charge on any atom is 0.317 e. The minimum Gasteiger partial charge on any atom is -0.481 e. The largest absolute Gasteiger partial charge is 0.481 e. The van der Waals surface area contributed by atoms with Crippen LogP contribution in [0.2, 0.25) is 0 Å². The Hall–Kier alpha value is -1.26. The fourth-order valence-electron chi connectivity index (χ4n) is 2.13. The molecule has 19 heavy (non-hydrogen) atoms. The molecule has 1 rings (SSSR count). The highest BCUT2D eigenvalue weighted by Crippen LogP contribution is 2.22. The van der Waals surface area contributed by atoms with Gasteiger partial charge in [0.25, 0.3) is 0 Å². The van der Waals surface area contributed by atoms with Gasteiger partial charge in [-0.25, -0.2) is 4.79 Å². The number of nitrogens with zero attached hydrogens (tertiary/aromatic N) is 1. The van der Waals surface area contributed by atoms with Gasteiger partial charge in [0.05, 0.1) is 0 Å². The monoisotopic (exact) mass is 270 g/mol. The van der Waals surface area contributed by atoms with E-state index >= 15 is 0 Å². The molecule has 2 amide bonds. The lowest BCUT2D eigenvalue weighted by atomic mass is 9.90. The van der Waals surface area contributed by atoms with E-state index in [1.807, 2.05) is 0 Å². The number of hydrogen-bond donors (Lipinski definition) is 2. The van der Waals surface area contributed by atoms with E-state index < -0.39 is 5.97 Å². The number of hydrogen-bond acceptors (Lipinski definition) is 2. The van der Waals surface area contributed by atoms with Crippen LogP contribution in [-0.4, -0.2) is 41.6 Å². The Kier molecular flexibility index (Phi) is 5.63. The molecule has 1 aliphatic rings. The van der Waals surface area contributed by atoms with Gasteiger partial charge in [0.2, 0.25) is 0 Å². The van der Waals surface area contributed by atoms with Crippen LogP contribution in [0.15, 0.2) is 0 Å². The summed E-state index contributed by atoms with van der Waals surface area (Å²) < 4.78 is 0. The molecule has 0 aromatic rings. The highest BCUT2D eigenvalue weighted by atomic mass is 16.4. The SMILES string of the molecule is CCC(C)(C)CNC(=O)N1CCC(CCC(=O)O)C1. The molecule has 1 atom stereocenters. The molecule has 0 aliphatic carbocycles. The van der Waals surface area contributed by atoms with Crippen LogP contribution >= 0.6 is 0 Å². The Labute approximate surface area is 115 Å². The molecule has 110 valence electrons. The van der Waals surface area contributed by atoms with E-state index in [2.05, 4.69) is 26.1 Å². The maximum atomic E-state index is 12.0. The van der Waals surface area contributed by atoms with Gasteiger partial charge in [0, 0.05) is 26.1 Å². The number of carbonyl (C=O) groups is 2. The van der Waals surface area contributed by atoms with Crippen LogP contribution in [-0.2, 0) is 4.79 Å². The summed E-state index contributed by atoms with van der Waals surface area (Å²) in [6.45, 7) is 8.48. The molecule has 5 heteroatoms. The van der Waals surface area contributed by atoms with Gasteiger partial charge in [-0.1, -0.05) is 20.8 Å². The first-order valence-corrected chi connectivity index (χ1v) is 7.08. The zero-order chi connectivity index (χ0) is 14.5. The summed E-state index contributed by atoms with van der Waals surface area (Å²) >= 11 is 0. The molecule has 1 fully saturated rings. The van der Waals surface area contributed by atoms with Crippen molar-refractivity contribution in [3.63, 3.8) is 0 Å². The van der Waals surface area contributed by atoms with Gasteiger partial charge >= 0.3 is 12.0 Å². The Morgan fingerprint density at radius 3 is 2.68 bits per heavy atom. The summed E-state index contributed by atoms with van der Waals surface area (Å²) in [4.78, 5) is 24.3. The molecule has 5 nitrogen and oxygen atoms in total. The maximum absolute atomic E-state index is 12.0. The smallest absolute Gasteiger partial charge is 0.317 e. The lowest BCUT2D eigenvalue weighted by Crippen LogP contribution is -2.42. The normalized spacial score (nSPS) is 19.5. The van der Waals surface area contributed by atoms with Crippen LogP contribution < -0.4 is 5.32 Å². The average Bonchev–Trinajstić information content (AvgIpc) is 2.82. The third-order valence-electron chi connectivity index (χ3n) is 4.01. The van der Waals surface area contributed by atoms with E-state index in [0.717, 1.165) is 19.4 Å². The van der Waals surface area contributed by atoms with Gasteiger partial charge in [-0.3, -0.25) is 4.79 Å². The molecular formula is C14H26N2O3. The van der Waals surface area contributed by atoms with Gasteiger partial charge in [-0.05, 0) is 30.6 Å². The summed E-state index contributed by atoms with van der Waals surface area (Å²) in [5, 5.41) is 11.6. The van der Waals surface area contributed by atoms with Crippen LogP contribution in [0.1, 0.15) is 46.5 Å². The predicted molar refractivity (Wildman–Crippen MR) is 74.0 cm³/mol. The topological polar surface area (TPSA) is 69.6 Å². The Balaban J connectivity index is 2.30. The number of urea groups is 1. The van der Waals surface area contributed by atoms with Crippen LogP contribution in [0.3, 0.4) is 0 Å². The molecule has 1 aliphatic heterocycles. The molecular weight excluding hydrogens is 244 g/mol. The molecule has 0 radical (unpaired) electrons. The summed E-state index contributed by atoms with van der Waals surface area (Å²) in [5.74, 6) is -0.423. The molecule has 1 saturated heterocycles. The molecule has 0 bridgehead atoms. The van der Waals surface area contributed by atoms with Gasteiger partial charge in [-0.15, -0.1) is 0 Å². The van der Waals surface area contributed by atoms with Gasteiger partial charge < -0.3 is 15.3 Å². The van der Waals surface area contributed by atoms with Crippen molar-refractivity contribution < 1.29 is 14.7 Å². The van der Waals surface area contributed by atoms with Crippen molar-refractivity contribution in [2.75, 3.05) is 19.6 Å². The second-order valence-electron chi connectivity index (χ2n) is 6.21. The fourth-order valence-corrected chi connectivity index (χ4v) is 2.13. The minimum atomic E-state index is -0.757. The standard InChI is InChI=1S/C14H26N2O3/c1-4-14(2,3)10-15-13(19)16-8-7-11(9-16)5-6-12(17)18/h11H,4-10H2,1-3H3,(H,15,19)(H,17,18). The van der Waals surface area contributed by atoms with Crippen LogP contribution in [0.25, 0.3) is 0 Å². The number of likely N-dealkylation sites (tertiary alicyclic amines) is 1. The highest BCUT2D eigenvalue weighted by molar-refractivity contribution is 5.74. The quantitative estimate of drug-likeness (QED) is 0.778. The first-order chi connectivity index (χ1) is 8.84. The number of aliphatic carboxylic acids is 1. The molecule has 0 aromatic carbocycles. The fraction of sp³-hybridized carbons (Fsp3) is 0.857. The molecule has 0 saturated carbocycles. The Morgan fingerprint density at radius 1 is 1.42 bits per heavy atom. The van der Waals surface area contributed by atoms with E-state index in [9.17, 15) is 9.59 Å². The molecule has 2 N–H and O–H groups in total. The molecule has 0 aromatic heterocycles. The summed E-state index contributed by atoms with van der Waals surface area (Å²) in [7, 11) is 0. The number of rotatable bonds is 6. The minimum absolute atomic E-state index is 0.0145. The van der Waals surface area contributed by atoms with Crippen LogP contribution in [0, 0.1) is 11.3 Å². The second kappa shape index (κ2) is 6.78. The zero-order valence-corrected chi connectivity index (χ0v) is 12.2. The van der Waals surface area contributed by atoms with E-state index in [1.54, 1.807) is 4.90 Å². The first-order valence-electron chi connectivity index (χ1n) is 7.08. The predicted octanol–water partition coefficient (Wildman–Crippen LogP) is 2.32. The molecule has 1 unspecified atom stereocenters. The van der Waals surface area contributed by atoms with Crippen molar-refractivity contribution in [1.29, 1.82) is 0 Å². The Bertz CT molecular complexity index is 329. The number of carbonyl (C=O) groups excluding carboxylic acids is 1. The number of nitrogens with one attached hydrogen (secondary N) is 1. The number of amides is 2. The third-order valence-corrected chi connectivity index (χ3v) is 4.01. The average molecular weight is 270 g/mol. The molecule has 0 spiro atoms. The van der Waals surface area contributed by atoms with E-state index in [1.165, 1.54) is 0 Å². The lowest BCUT2D eigenvalue weighted by molar-refractivity contribution is -0.137. The van der Waals surface area contributed by atoms with Crippen molar-refractivity contribution in [1.82, 2.24) is 10.2 Å². The van der Waals surface area contributed by atoms with E-state index in [0.29, 0.717) is 25.4 Å².